The highest BCUT2D eigenvalue weighted by molar-refractivity contribution is 5.29. The highest BCUT2D eigenvalue weighted by Gasteiger charge is 2.09. The monoisotopic (exact) mass is 279 g/mol. The van der Waals surface area contributed by atoms with Gasteiger partial charge in [0.1, 0.15) is 5.75 Å². The predicted octanol–water partition coefficient (Wildman–Crippen LogP) is 3.14. The molecule has 3 heteroatoms. The summed E-state index contributed by atoms with van der Waals surface area (Å²) in [5, 5.41) is 9.59. The first-order chi connectivity index (χ1) is 9.69. The third kappa shape index (κ3) is 6.40. The van der Waals surface area contributed by atoms with Crippen molar-refractivity contribution in [2.24, 2.45) is 11.7 Å². The molecule has 0 aliphatic carbocycles. The van der Waals surface area contributed by atoms with Gasteiger partial charge < -0.3 is 15.6 Å². The van der Waals surface area contributed by atoms with Crippen LogP contribution in [0.5, 0.6) is 5.75 Å². The molecule has 0 amide bonds. The lowest BCUT2D eigenvalue weighted by Crippen LogP contribution is -2.21. The molecule has 3 nitrogen and oxygen atoms in total. The minimum absolute atomic E-state index is 0.292. The zero-order valence-corrected chi connectivity index (χ0v) is 12.8. The molecule has 0 radical (unpaired) electrons. The Labute approximate surface area is 123 Å². The summed E-state index contributed by atoms with van der Waals surface area (Å²) >= 11 is 0. The lowest BCUT2D eigenvalue weighted by atomic mass is 9.99. The van der Waals surface area contributed by atoms with Gasteiger partial charge in [-0.05, 0) is 42.9 Å². The Bertz CT molecular complexity index is 362. The summed E-state index contributed by atoms with van der Waals surface area (Å²) in [5.41, 5.74) is 6.51. The van der Waals surface area contributed by atoms with Gasteiger partial charge in [0, 0.05) is 6.54 Å². The predicted molar refractivity (Wildman–Crippen MR) is 84.0 cm³/mol. The van der Waals surface area contributed by atoms with Crippen LogP contribution in [-0.2, 0) is 6.42 Å². The summed E-state index contributed by atoms with van der Waals surface area (Å²) in [6.07, 6.45) is 4.96. The van der Waals surface area contributed by atoms with E-state index in [1.54, 1.807) is 0 Å². The molecule has 0 fully saturated rings. The van der Waals surface area contributed by atoms with E-state index in [2.05, 4.69) is 13.8 Å². The van der Waals surface area contributed by atoms with Crippen molar-refractivity contribution in [1.82, 2.24) is 0 Å². The maximum absolute atomic E-state index is 9.59. The van der Waals surface area contributed by atoms with Crippen molar-refractivity contribution in [2.75, 3.05) is 13.2 Å². The van der Waals surface area contributed by atoms with Crippen LogP contribution in [0.3, 0.4) is 0 Å². The minimum Gasteiger partial charge on any atom is -0.493 e. The molecule has 114 valence electrons. The number of benzene rings is 1. The molecule has 0 saturated carbocycles. The quantitative estimate of drug-likeness (QED) is 0.692. The fourth-order valence-corrected chi connectivity index (χ4v) is 2.46. The van der Waals surface area contributed by atoms with Crippen molar-refractivity contribution in [3.8, 4) is 5.75 Å². The van der Waals surface area contributed by atoms with E-state index in [9.17, 15) is 5.11 Å². The Kier molecular flexibility index (Phi) is 8.31. The number of ether oxygens (including phenoxy) is 1. The summed E-state index contributed by atoms with van der Waals surface area (Å²) in [7, 11) is 0. The molecule has 1 aromatic rings. The molecule has 3 N–H and O–H groups in total. The maximum atomic E-state index is 9.59. The molecule has 0 bridgehead atoms. The number of aliphatic hydroxyl groups excluding tert-OH is 1. The zero-order chi connectivity index (χ0) is 14.8. The maximum Gasteiger partial charge on any atom is 0.119 e. The fourth-order valence-electron chi connectivity index (χ4n) is 2.46. The van der Waals surface area contributed by atoms with Crippen molar-refractivity contribution >= 4 is 0 Å². The van der Waals surface area contributed by atoms with Gasteiger partial charge in [-0.25, -0.2) is 0 Å². The second-order valence-electron chi connectivity index (χ2n) is 5.50. The topological polar surface area (TPSA) is 55.5 Å². The first-order valence-electron chi connectivity index (χ1n) is 7.79. The van der Waals surface area contributed by atoms with Crippen LogP contribution in [-0.4, -0.2) is 24.4 Å². The number of rotatable bonds is 10. The summed E-state index contributed by atoms with van der Waals surface area (Å²) in [5.74, 6) is 1.53. The van der Waals surface area contributed by atoms with E-state index in [4.69, 9.17) is 10.5 Å². The van der Waals surface area contributed by atoms with Gasteiger partial charge in [0.15, 0.2) is 0 Å². The normalized spacial score (nSPS) is 12.7. The highest BCUT2D eigenvalue weighted by Crippen LogP contribution is 2.19. The highest BCUT2D eigenvalue weighted by atomic mass is 16.5. The second-order valence-corrected chi connectivity index (χ2v) is 5.50. The largest absolute Gasteiger partial charge is 0.493 e. The lowest BCUT2D eigenvalue weighted by Gasteiger charge is -2.17. The van der Waals surface area contributed by atoms with Crippen molar-refractivity contribution < 1.29 is 9.84 Å². The number of hydrogen-bond donors (Lipinski definition) is 2. The molecule has 0 spiro atoms. The van der Waals surface area contributed by atoms with Gasteiger partial charge in [0.2, 0.25) is 0 Å². The van der Waals surface area contributed by atoms with Crippen LogP contribution in [0.15, 0.2) is 24.3 Å². The minimum atomic E-state index is -0.474. The van der Waals surface area contributed by atoms with Gasteiger partial charge in [0.05, 0.1) is 12.7 Å². The number of hydrogen-bond acceptors (Lipinski definition) is 3. The van der Waals surface area contributed by atoms with Crippen LogP contribution in [0.1, 0.15) is 45.1 Å². The fraction of sp³-hybridized carbons (Fsp3) is 0.647. The Morgan fingerprint density at radius 3 is 2.50 bits per heavy atom. The van der Waals surface area contributed by atoms with E-state index in [0.29, 0.717) is 18.9 Å². The smallest absolute Gasteiger partial charge is 0.119 e. The molecular weight excluding hydrogens is 250 g/mol. The van der Waals surface area contributed by atoms with Gasteiger partial charge in [-0.15, -0.1) is 0 Å². The van der Waals surface area contributed by atoms with E-state index in [1.165, 1.54) is 25.7 Å². The van der Waals surface area contributed by atoms with Gasteiger partial charge in [-0.1, -0.05) is 38.8 Å². The first kappa shape index (κ1) is 17.0. The van der Waals surface area contributed by atoms with E-state index >= 15 is 0 Å². The summed E-state index contributed by atoms with van der Waals surface area (Å²) in [4.78, 5) is 0. The molecule has 0 aromatic heterocycles. The molecule has 1 rings (SSSR count). The average molecular weight is 279 g/mol. The Morgan fingerprint density at radius 2 is 1.90 bits per heavy atom. The molecule has 1 atom stereocenters. The Hall–Kier alpha value is -1.06. The van der Waals surface area contributed by atoms with Gasteiger partial charge in [0.25, 0.3) is 0 Å². The molecule has 0 aliphatic rings. The molecule has 0 saturated heterocycles. The summed E-state index contributed by atoms with van der Waals surface area (Å²) < 4.78 is 5.92. The van der Waals surface area contributed by atoms with Gasteiger partial charge in [-0.2, -0.15) is 0 Å². The molecular formula is C17H29NO2. The van der Waals surface area contributed by atoms with Gasteiger partial charge >= 0.3 is 0 Å². The summed E-state index contributed by atoms with van der Waals surface area (Å²) in [6.45, 7) is 5.51. The Balaban J connectivity index is 2.52. The average Bonchev–Trinajstić information content (AvgIpc) is 2.45. The standard InChI is InChI=1S/C17H29NO2/c1-3-6-14(7-4-2)13-20-17-9-5-8-15(11-17)10-16(19)12-18/h5,8-9,11,14,16,19H,3-4,6-7,10,12-13,18H2,1-2H3. The third-order valence-electron chi connectivity index (χ3n) is 3.52. The van der Waals surface area contributed by atoms with Crippen LogP contribution in [0.4, 0.5) is 0 Å². The first-order valence-corrected chi connectivity index (χ1v) is 7.79. The number of aliphatic hydroxyl groups is 1. The SMILES string of the molecule is CCCC(CCC)COc1cccc(CC(O)CN)c1. The van der Waals surface area contributed by atoms with E-state index < -0.39 is 6.10 Å². The van der Waals surface area contributed by atoms with Crippen LogP contribution in [0.25, 0.3) is 0 Å². The molecule has 1 unspecified atom stereocenters. The number of nitrogens with two attached hydrogens (primary N) is 1. The van der Waals surface area contributed by atoms with Crippen molar-refractivity contribution in [2.45, 2.75) is 52.1 Å². The zero-order valence-electron chi connectivity index (χ0n) is 12.8. The molecule has 0 heterocycles. The Morgan fingerprint density at radius 1 is 1.20 bits per heavy atom. The lowest BCUT2D eigenvalue weighted by molar-refractivity contribution is 0.183. The van der Waals surface area contributed by atoms with Crippen molar-refractivity contribution in [1.29, 1.82) is 0 Å². The van der Waals surface area contributed by atoms with Gasteiger partial charge in [-0.3, -0.25) is 0 Å². The summed E-state index contributed by atoms with van der Waals surface area (Å²) in [6, 6.07) is 7.96. The van der Waals surface area contributed by atoms with Crippen LogP contribution >= 0.6 is 0 Å². The van der Waals surface area contributed by atoms with Crippen molar-refractivity contribution in [3.63, 3.8) is 0 Å². The van der Waals surface area contributed by atoms with Crippen molar-refractivity contribution in [3.05, 3.63) is 29.8 Å². The van der Waals surface area contributed by atoms with Crippen LogP contribution in [0.2, 0.25) is 0 Å². The van der Waals surface area contributed by atoms with E-state index in [1.807, 2.05) is 24.3 Å². The van der Waals surface area contributed by atoms with E-state index in [-0.39, 0.29) is 0 Å². The van der Waals surface area contributed by atoms with Crippen LogP contribution in [0, 0.1) is 5.92 Å². The third-order valence-corrected chi connectivity index (χ3v) is 3.52. The molecule has 0 aliphatic heterocycles. The second kappa shape index (κ2) is 9.78. The van der Waals surface area contributed by atoms with E-state index in [0.717, 1.165) is 17.9 Å². The molecule has 20 heavy (non-hydrogen) atoms. The molecule has 1 aromatic carbocycles. The van der Waals surface area contributed by atoms with Crippen LogP contribution < -0.4 is 10.5 Å².